The third kappa shape index (κ3) is 4.86. The molecule has 5 aromatic rings. The van der Waals surface area contributed by atoms with Crippen molar-refractivity contribution in [3.05, 3.63) is 88.7 Å². The number of aromatic amines is 2. The van der Waals surface area contributed by atoms with Crippen molar-refractivity contribution in [3.63, 3.8) is 0 Å². The fraction of sp³-hybridized carbons (Fsp3) is 0.242. The third-order valence-corrected chi connectivity index (χ3v) is 8.86. The summed E-state index contributed by atoms with van der Waals surface area (Å²) in [7, 11) is 0. The lowest BCUT2D eigenvalue weighted by Gasteiger charge is -2.26. The smallest absolute Gasteiger partial charge is 0.274 e. The van der Waals surface area contributed by atoms with Gasteiger partial charge in [-0.1, -0.05) is 6.07 Å². The lowest BCUT2D eigenvalue weighted by Crippen LogP contribution is -2.40. The number of fused-ring (bicyclic) bond motifs is 4. The van der Waals surface area contributed by atoms with Gasteiger partial charge in [-0.3, -0.25) is 14.4 Å². The molecule has 0 aliphatic carbocycles. The number of morpholine rings is 1. The molecule has 0 radical (unpaired) electrons. The number of amides is 2. The van der Waals surface area contributed by atoms with E-state index in [0.717, 1.165) is 22.0 Å². The largest absolute Gasteiger partial charge is 0.506 e. The maximum atomic E-state index is 13.9. The van der Waals surface area contributed by atoms with Gasteiger partial charge in [0.15, 0.2) is 5.78 Å². The van der Waals surface area contributed by atoms with E-state index in [0.29, 0.717) is 72.1 Å². The number of hydrogen-bond donors (Lipinski definition) is 4. The van der Waals surface area contributed by atoms with E-state index in [4.69, 9.17) is 22.1 Å². The number of hydrogen-bond acceptors (Lipinski definition) is 6. The van der Waals surface area contributed by atoms with Crippen LogP contribution in [0, 0.1) is 0 Å². The molecule has 224 valence electrons. The van der Waals surface area contributed by atoms with Gasteiger partial charge in [0, 0.05) is 71.5 Å². The molecule has 0 bridgehead atoms. The highest BCUT2D eigenvalue weighted by Gasteiger charge is 2.36. The number of phenols is 1. The van der Waals surface area contributed by atoms with E-state index < -0.39 is 0 Å². The number of nitrogens with one attached hydrogen (secondary N) is 2. The Bertz CT molecular complexity index is 1940. The van der Waals surface area contributed by atoms with Gasteiger partial charge < -0.3 is 35.3 Å². The highest BCUT2D eigenvalue weighted by atomic mass is 35.5. The Kier molecular flexibility index (Phi) is 7.02. The number of benzene rings is 3. The second kappa shape index (κ2) is 11.0. The number of phenolic OH excluding ortho intramolecular Hbond substituents is 1. The van der Waals surface area contributed by atoms with Gasteiger partial charge in [0.1, 0.15) is 17.1 Å². The number of H-pyrrole nitrogens is 2. The van der Waals surface area contributed by atoms with Crippen molar-refractivity contribution in [2.45, 2.75) is 12.3 Å². The summed E-state index contributed by atoms with van der Waals surface area (Å²) in [6, 6.07) is 17.6. The summed E-state index contributed by atoms with van der Waals surface area (Å²) in [4.78, 5) is 49.5. The lowest BCUT2D eigenvalue weighted by molar-refractivity contribution is 0.0299. The van der Waals surface area contributed by atoms with Gasteiger partial charge in [0.25, 0.3) is 11.8 Å². The van der Waals surface area contributed by atoms with Crippen LogP contribution in [0.2, 0.25) is 0 Å². The molecule has 0 spiro atoms. The van der Waals surface area contributed by atoms with Crippen LogP contribution < -0.4 is 10.6 Å². The minimum Gasteiger partial charge on any atom is -0.506 e. The number of aromatic hydroxyl groups is 1. The molecule has 44 heavy (non-hydrogen) atoms. The molecule has 7 rings (SSSR count). The number of anilines is 2. The monoisotopic (exact) mass is 611 g/mol. The molecule has 1 saturated heterocycles. The lowest BCUT2D eigenvalue weighted by atomic mass is 9.98. The predicted octanol–water partition coefficient (Wildman–Crippen LogP) is 4.82. The first kappa shape index (κ1) is 28.0. The number of carbonyl (C=O) groups excluding carboxylic acids is 3. The molecule has 2 aromatic heterocycles. The summed E-state index contributed by atoms with van der Waals surface area (Å²) >= 11 is 6.42. The van der Waals surface area contributed by atoms with Crippen LogP contribution in [0.1, 0.15) is 48.4 Å². The highest BCUT2D eigenvalue weighted by molar-refractivity contribution is 6.19. The van der Waals surface area contributed by atoms with Gasteiger partial charge in [0.05, 0.1) is 24.4 Å². The molecule has 5 N–H and O–H groups in total. The van der Waals surface area contributed by atoms with E-state index in [-0.39, 0.29) is 41.6 Å². The van der Waals surface area contributed by atoms with E-state index in [1.807, 2.05) is 18.2 Å². The number of Topliss-reactive ketones (excluding diaryl/α,β-unsaturated/α-hetero) is 1. The van der Waals surface area contributed by atoms with Crippen molar-refractivity contribution < 1.29 is 24.2 Å². The number of nitrogens with two attached hydrogens (primary N) is 1. The summed E-state index contributed by atoms with van der Waals surface area (Å²) < 4.78 is 5.37. The van der Waals surface area contributed by atoms with Gasteiger partial charge in [-0.2, -0.15) is 0 Å². The zero-order valence-corrected chi connectivity index (χ0v) is 24.5. The first-order valence-electron chi connectivity index (χ1n) is 14.4. The van der Waals surface area contributed by atoms with E-state index in [1.165, 1.54) is 0 Å². The van der Waals surface area contributed by atoms with Crippen molar-refractivity contribution in [1.29, 1.82) is 0 Å². The minimum absolute atomic E-state index is 0.0253. The second-order valence-corrected chi connectivity index (χ2v) is 11.6. The number of ether oxygens (including phenoxy) is 1. The van der Waals surface area contributed by atoms with E-state index in [9.17, 15) is 19.5 Å². The molecule has 2 amide bonds. The Balaban J connectivity index is 1.18. The maximum absolute atomic E-state index is 13.9. The molecule has 11 heteroatoms. The first-order valence-corrected chi connectivity index (χ1v) is 15.0. The molecular formula is C33H30ClN5O5. The fourth-order valence-electron chi connectivity index (χ4n) is 6.23. The normalized spacial score (nSPS) is 16.5. The number of rotatable bonds is 6. The number of ketones is 1. The van der Waals surface area contributed by atoms with E-state index in [1.54, 1.807) is 52.3 Å². The summed E-state index contributed by atoms with van der Waals surface area (Å²) in [5.74, 6) is -0.460. The third-order valence-electron chi connectivity index (χ3n) is 8.49. The standard InChI is InChI=1S/C33H30ClN5O5/c34-16-21-17-39(27-15-29(41)31-23(30(21)27)14-26(37-31)32(42)38-7-9-44-10-8-38)33(43)25-13-20-11-18(1-6-24(20)36-25)12-28(40)19-2-4-22(35)5-3-19/h1-6,11,13-15,21,36-37,41H,7-10,12,16-17,35H2/t21-/m1/s1. The molecule has 1 fully saturated rings. The van der Waals surface area contributed by atoms with Crippen LogP contribution >= 0.6 is 11.6 Å². The summed E-state index contributed by atoms with van der Waals surface area (Å²) in [5, 5.41) is 12.5. The van der Waals surface area contributed by atoms with Crippen molar-refractivity contribution in [1.82, 2.24) is 14.9 Å². The van der Waals surface area contributed by atoms with Gasteiger partial charge in [-0.05, 0) is 59.7 Å². The molecular weight excluding hydrogens is 582 g/mol. The van der Waals surface area contributed by atoms with Gasteiger partial charge in [-0.15, -0.1) is 11.6 Å². The maximum Gasteiger partial charge on any atom is 0.274 e. The number of alkyl halides is 1. The van der Waals surface area contributed by atoms with Crippen molar-refractivity contribution in [3.8, 4) is 5.75 Å². The number of nitrogens with zero attached hydrogens (tertiary/aromatic N) is 2. The molecule has 3 aromatic carbocycles. The fourth-order valence-corrected chi connectivity index (χ4v) is 6.48. The Morgan fingerprint density at radius 1 is 0.955 bits per heavy atom. The molecule has 2 aliphatic rings. The molecule has 2 aliphatic heterocycles. The Labute approximate surface area is 257 Å². The zero-order chi connectivity index (χ0) is 30.5. The Hall–Kier alpha value is -4.80. The minimum atomic E-state index is -0.270. The molecule has 0 saturated carbocycles. The van der Waals surface area contributed by atoms with Gasteiger partial charge >= 0.3 is 0 Å². The van der Waals surface area contributed by atoms with Crippen LogP contribution in [0.5, 0.6) is 5.75 Å². The Morgan fingerprint density at radius 2 is 1.70 bits per heavy atom. The van der Waals surface area contributed by atoms with Crippen molar-refractivity contribution in [2.24, 2.45) is 0 Å². The topological polar surface area (TPSA) is 145 Å². The quantitative estimate of drug-likeness (QED) is 0.123. The highest BCUT2D eigenvalue weighted by Crippen LogP contribution is 2.46. The molecule has 0 unspecified atom stereocenters. The SMILES string of the molecule is Nc1ccc(C(=O)Cc2ccc3[nH]c(C(=O)N4C[C@@H](CCl)c5c4cc(O)c4[nH]c(C(=O)N6CCOCC6)cc54)cc3c2)cc1. The van der Waals surface area contributed by atoms with E-state index in [2.05, 4.69) is 9.97 Å². The van der Waals surface area contributed by atoms with Crippen LogP contribution in [-0.4, -0.2) is 76.3 Å². The van der Waals surface area contributed by atoms with E-state index >= 15 is 0 Å². The van der Waals surface area contributed by atoms with Gasteiger partial charge in [0.2, 0.25) is 0 Å². The van der Waals surface area contributed by atoms with Crippen LogP contribution in [0.4, 0.5) is 11.4 Å². The average Bonchev–Trinajstić information content (AvgIpc) is 3.76. The summed E-state index contributed by atoms with van der Waals surface area (Å²) in [6.45, 7) is 2.28. The Morgan fingerprint density at radius 3 is 2.45 bits per heavy atom. The molecule has 1 atom stereocenters. The summed E-state index contributed by atoms with van der Waals surface area (Å²) in [6.07, 6.45) is 0.215. The zero-order valence-electron chi connectivity index (χ0n) is 23.7. The van der Waals surface area contributed by atoms with Crippen molar-refractivity contribution in [2.75, 3.05) is 49.4 Å². The predicted molar refractivity (Wildman–Crippen MR) is 169 cm³/mol. The van der Waals surface area contributed by atoms with Crippen molar-refractivity contribution >= 4 is 62.4 Å². The number of aromatic nitrogens is 2. The molecule has 4 heterocycles. The number of carbonyl (C=O) groups is 3. The first-order chi connectivity index (χ1) is 21.3. The summed E-state index contributed by atoms with van der Waals surface area (Å²) in [5.41, 5.74) is 11.1. The molecule has 10 nitrogen and oxygen atoms in total. The number of halogens is 1. The van der Waals surface area contributed by atoms with Crippen LogP contribution in [0.15, 0.2) is 60.7 Å². The van der Waals surface area contributed by atoms with Crippen LogP contribution in [0.25, 0.3) is 21.8 Å². The average molecular weight is 612 g/mol. The van der Waals surface area contributed by atoms with Gasteiger partial charge in [-0.25, -0.2) is 0 Å². The second-order valence-electron chi connectivity index (χ2n) is 11.3. The van der Waals surface area contributed by atoms with Crippen LogP contribution in [0.3, 0.4) is 0 Å². The number of nitrogen functional groups attached to an aromatic ring is 1. The van der Waals surface area contributed by atoms with Crippen LogP contribution in [-0.2, 0) is 11.2 Å².